The Morgan fingerprint density at radius 3 is 1.35 bits per heavy atom. The first-order chi connectivity index (χ1) is 22.8. The summed E-state index contributed by atoms with van der Waals surface area (Å²) in [6, 6.07) is 17.1. The molecule has 6 rings (SSSR count). The standard InChI is InChI=1S/C32H18F8N6S2/c33-23-9-7-17(27-15-47-29(43-27)41-21-5-1-3-19(13-21)31(35,36)37)11-25(23)45-46-26-12-18(8-10-24(26)34)28-16-48-30(44-28)42-22-6-2-4-20(14-22)32(38,39)40/h1-16H,(H,41,43)(H,42,44). The zero-order chi connectivity index (χ0) is 34.1. The number of hydrogen-bond acceptors (Lipinski definition) is 8. The number of benzene rings is 4. The molecule has 6 aromatic rings. The molecule has 0 aliphatic rings. The van der Waals surface area contributed by atoms with E-state index >= 15 is 0 Å². The largest absolute Gasteiger partial charge is 0.416 e. The van der Waals surface area contributed by atoms with Crippen molar-refractivity contribution in [3.63, 3.8) is 0 Å². The highest BCUT2D eigenvalue weighted by Crippen LogP contribution is 2.36. The van der Waals surface area contributed by atoms with Gasteiger partial charge in [-0.05, 0) is 72.8 Å². The maximum absolute atomic E-state index is 14.7. The van der Waals surface area contributed by atoms with Gasteiger partial charge in [0.1, 0.15) is 11.4 Å². The first-order valence-corrected chi connectivity index (χ1v) is 15.4. The Kier molecular flexibility index (Phi) is 8.94. The third-order valence-electron chi connectivity index (χ3n) is 6.64. The lowest BCUT2D eigenvalue weighted by molar-refractivity contribution is -0.138. The van der Waals surface area contributed by atoms with Crippen molar-refractivity contribution in [3.8, 4) is 22.5 Å². The number of halogens is 8. The minimum atomic E-state index is -4.50. The second-order valence-corrected chi connectivity index (χ2v) is 11.7. The van der Waals surface area contributed by atoms with Crippen LogP contribution in [-0.2, 0) is 12.4 Å². The van der Waals surface area contributed by atoms with Crippen molar-refractivity contribution in [3.05, 3.63) is 118 Å². The lowest BCUT2D eigenvalue weighted by Crippen LogP contribution is -2.05. The third kappa shape index (κ3) is 7.66. The van der Waals surface area contributed by atoms with Crippen molar-refractivity contribution in [2.45, 2.75) is 12.4 Å². The van der Waals surface area contributed by atoms with Gasteiger partial charge in [0.2, 0.25) is 0 Å². The van der Waals surface area contributed by atoms with Crippen LogP contribution in [-0.4, -0.2) is 9.97 Å². The van der Waals surface area contributed by atoms with E-state index in [1.165, 1.54) is 48.5 Å². The van der Waals surface area contributed by atoms with Crippen molar-refractivity contribution in [1.82, 2.24) is 9.97 Å². The minimum absolute atomic E-state index is 0.185. The molecular formula is C32H18F8N6S2. The second kappa shape index (κ2) is 13.1. The molecule has 2 heterocycles. The van der Waals surface area contributed by atoms with Crippen molar-refractivity contribution in [2.75, 3.05) is 10.6 Å². The quantitative estimate of drug-likeness (QED) is 0.122. The van der Waals surface area contributed by atoms with Crippen molar-refractivity contribution in [2.24, 2.45) is 10.2 Å². The van der Waals surface area contributed by atoms with Crippen molar-refractivity contribution in [1.29, 1.82) is 0 Å². The molecule has 48 heavy (non-hydrogen) atoms. The summed E-state index contributed by atoms with van der Waals surface area (Å²) in [5.74, 6) is -1.50. The predicted molar refractivity (Wildman–Crippen MR) is 169 cm³/mol. The zero-order valence-corrected chi connectivity index (χ0v) is 25.5. The number of rotatable bonds is 8. The highest BCUT2D eigenvalue weighted by molar-refractivity contribution is 7.14. The molecule has 0 atom stereocenters. The van der Waals surface area contributed by atoms with Gasteiger partial charge in [0.05, 0.1) is 22.5 Å². The molecule has 4 aromatic carbocycles. The van der Waals surface area contributed by atoms with Crippen LogP contribution >= 0.6 is 22.7 Å². The van der Waals surface area contributed by atoms with E-state index in [1.807, 2.05) is 0 Å². The zero-order valence-electron chi connectivity index (χ0n) is 23.9. The van der Waals surface area contributed by atoms with Crippen molar-refractivity contribution >= 4 is 55.7 Å². The monoisotopic (exact) mass is 702 g/mol. The van der Waals surface area contributed by atoms with Crippen LogP contribution in [0.5, 0.6) is 0 Å². The molecule has 6 nitrogen and oxygen atoms in total. The minimum Gasteiger partial charge on any atom is -0.332 e. The molecule has 0 aliphatic heterocycles. The summed E-state index contributed by atoms with van der Waals surface area (Å²) in [4.78, 5) is 8.74. The highest BCUT2D eigenvalue weighted by atomic mass is 32.1. The van der Waals surface area contributed by atoms with Crippen LogP contribution in [0.4, 0.5) is 68.1 Å². The van der Waals surface area contributed by atoms with Crippen molar-refractivity contribution < 1.29 is 35.1 Å². The predicted octanol–water partition coefficient (Wildman–Crippen LogP) is 12.2. The normalized spacial score (nSPS) is 12.1. The summed E-state index contributed by atoms with van der Waals surface area (Å²) in [5, 5.41) is 17.3. The van der Waals surface area contributed by atoms with Crippen LogP contribution in [0.1, 0.15) is 11.1 Å². The number of anilines is 4. The molecule has 2 aromatic heterocycles. The molecular weight excluding hydrogens is 685 g/mol. The average Bonchev–Trinajstić information content (AvgIpc) is 3.71. The van der Waals surface area contributed by atoms with Crippen LogP contribution in [0.2, 0.25) is 0 Å². The summed E-state index contributed by atoms with van der Waals surface area (Å²) < 4.78 is 108. The van der Waals surface area contributed by atoms with Crippen LogP contribution < -0.4 is 10.6 Å². The number of nitrogens with zero attached hydrogens (tertiary/aromatic N) is 4. The van der Waals surface area contributed by atoms with Crippen LogP contribution in [0.25, 0.3) is 22.5 Å². The molecule has 0 saturated heterocycles. The molecule has 0 radical (unpaired) electrons. The topological polar surface area (TPSA) is 74.6 Å². The first kappa shape index (κ1) is 32.7. The Morgan fingerprint density at radius 1 is 0.542 bits per heavy atom. The van der Waals surface area contributed by atoms with Crippen LogP contribution in [0.3, 0.4) is 0 Å². The number of thiazole rings is 2. The molecule has 0 saturated carbocycles. The van der Waals surface area contributed by atoms with Gasteiger partial charge < -0.3 is 10.6 Å². The number of aromatic nitrogens is 2. The van der Waals surface area contributed by atoms with E-state index in [2.05, 4.69) is 30.8 Å². The van der Waals surface area contributed by atoms with Gasteiger partial charge in [0, 0.05) is 33.3 Å². The summed E-state index contributed by atoms with van der Waals surface area (Å²) >= 11 is 2.24. The van der Waals surface area contributed by atoms with E-state index in [0.717, 1.165) is 59.1 Å². The molecule has 0 amide bonds. The van der Waals surface area contributed by atoms with Crippen LogP contribution in [0, 0.1) is 11.6 Å². The molecule has 0 bridgehead atoms. The SMILES string of the molecule is Fc1ccc(-c2csc(Nc3cccc(C(F)(F)F)c3)n2)cc1N=Nc1cc(-c2csc(Nc3cccc(C(F)(F)F)c3)n2)ccc1F. The Labute approximate surface area is 274 Å². The van der Waals surface area contributed by atoms with Gasteiger partial charge in [0.25, 0.3) is 0 Å². The smallest absolute Gasteiger partial charge is 0.332 e. The fourth-order valence-corrected chi connectivity index (χ4v) is 5.81. The maximum atomic E-state index is 14.7. The lowest BCUT2D eigenvalue weighted by atomic mass is 10.1. The van der Waals surface area contributed by atoms with E-state index in [9.17, 15) is 35.1 Å². The van der Waals surface area contributed by atoms with Gasteiger partial charge >= 0.3 is 12.4 Å². The Bertz CT molecular complexity index is 1970. The van der Waals surface area contributed by atoms with Crippen LogP contribution in [0.15, 0.2) is 106 Å². The summed E-state index contributed by atoms with van der Waals surface area (Å²) in [7, 11) is 0. The molecule has 244 valence electrons. The van der Waals surface area contributed by atoms with Gasteiger partial charge in [-0.2, -0.15) is 26.3 Å². The van der Waals surface area contributed by atoms with E-state index in [0.29, 0.717) is 32.8 Å². The fraction of sp³-hybridized carbons (Fsp3) is 0.0625. The third-order valence-corrected chi connectivity index (χ3v) is 8.16. The number of nitrogens with one attached hydrogen (secondary N) is 2. The van der Waals surface area contributed by atoms with E-state index in [-0.39, 0.29) is 22.7 Å². The van der Waals surface area contributed by atoms with Gasteiger partial charge in [-0.15, -0.1) is 32.9 Å². The molecule has 0 spiro atoms. The molecule has 16 heteroatoms. The lowest BCUT2D eigenvalue weighted by Gasteiger charge is -2.09. The molecule has 0 aliphatic carbocycles. The molecule has 2 N–H and O–H groups in total. The fourth-order valence-electron chi connectivity index (χ4n) is 4.33. The Morgan fingerprint density at radius 2 is 0.958 bits per heavy atom. The van der Waals surface area contributed by atoms with Gasteiger partial charge in [0.15, 0.2) is 21.9 Å². The van der Waals surface area contributed by atoms with Gasteiger partial charge in [-0.1, -0.05) is 12.1 Å². The summed E-state index contributed by atoms with van der Waals surface area (Å²) in [5.41, 5.74) is -0.0854. The number of azo groups is 1. The Hall–Kier alpha value is -5.22. The first-order valence-electron chi connectivity index (χ1n) is 13.6. The average molecular weight is 703 g/mol. The molecule has 0 fully saturated rings. The van der Waals surface area contributed by atoms with E-state index in [1.54, 1.807) is 10.8 Å². The molecule has 0 unspecified atom stereocenters. The van der Waals surface area contributed by atoms with E-state index < -0.39 is 35.1 Å². The van der Waals surface area contributed by atoms with E-state index in [4.69, 9.17) is 0 Å². The highest BCUT2D eigenvalue weighted by Gasteiger charge is 2.31. The van der Waals surface area contributed by atoms with Gasteiger partial charge in [-0.3, -0.25) is 0 Å². The maximum Gasteiger partial charge on any atom is 0.416 e. The summed E-state index contributed by atoms with van der Waals surface area (Å²) in [6.07, 6.45) is -9.01. The number of alkyl halides is 6. The second-order valence-electron chi connectivity index (χ2n) is 10.0. The Balaban J connectivity index is 1.18. The summed E-state index contributed by atoms with van der Waals surface area (Å²) in [6.45, 7) is 0. The van der Waals surface area contributed by atoms with Gasteiger partial charge in [-0.25, -0.2) is 18.7 Å². The number of hydrogen-bond donors (Lipinski definition) is 2.